The van der Waals surface area contributed by atoms with Crippen molar-refractivity contribution in [3.05, 3.63) is 54.6 Å². The van der Waals surface area contributed by atoms with Gasteiger partial charge in [-0.15, -0.1) is 0 Å². The van der Waals surface area contributed by atoms with Crippen LogP contribution in [0.3, 0.4) is 0 Å². The molecule has 27 heavy (non-hydrogen) atoms. The van der Waals surface area contributed by atoms with Crippen LogP contribution in [0.15, 0.2) is 59.6 Å². The van der Waals surface area contributed by atoms with Crippen molar-refractivity contribution >= 4 is 28.6 Å². The summed E-state index contributed by atoms with van der Waals surface area (Å²) in [6.45, 7) is 0.369. The zero-order valence-electron chi connectivity index (χ0n) is 14.9. The second kappa shape index (κ2) is 9.06. The van der Waals surface area contributed by atoms with Gasteiger partial charge in [-0.3, -0.25) is 4.79 Å². The van der Waals surface area contributed by atoms with E-state index in [1.807, 2.05) is 48.5 Å². The molecule has 0 saturated carbocycles. The molecule has 3 aromatic rings. The normalized spacial score (nSPS) is 10.4. The highest BCUT2D eigenvalue weighted by molar-refractivity contribution is 7.99. The molecule has 136 valence electrons. The number of nitriles is 1. The molecule has 0 saturated heterocycles. The first kappa shape index (κ1) is 18.7. The van der Waals surface area contributed by atoms with E-state index in [4.69, 9.17) is 10.00 Å². The molecule has 0 aliphatic rings. The SMILES string of the molecule is COc1ccc2c(-c3ccccc3)cc(SCC(=O)NCCC#N)nc2c1. The molecule has 0 bridgehead atoms. The third-order valence-corrected chi connectivity index (χ3v) is 4.90. The van der Waals surface area contributed by atoms with Crippen LogP contribution in [0, 0.1) is 11.3 Å². The fraction of sp³-hybridized carbons (Fsp3) is 0.190. The summed E-state index contributed by atoms with van der Waals surface area (Å²) < 4.78 is 5.32. The largest absolute Gasteiger partial charge is 0.497 e. The van der Waals surface area contributed by atoms with Gasteiger partial charge < -0.3 is 10.1 Å². The van der Waals surface area contributed by atoms with E-state index in [-0.39, 0.29) is 11.7 Å². The first-order chi connectivity index (χ1) is 13.2. The maximum Gasteiger partial charge on any atom is 0.230 e. The lowest BCUT2D eigenvalue weighted by atomic mass is 10.0. The Morgan fingerprint density at radius 1 is 1.22 bits per heavy atom. The Kier molecular flexibility index (Phi) is 6.29. The number of fused-ring (bicyclic) bond motifs is 1. The lowest BCUT2D eigenvalue weighted by Gasteiger charge is -2.11. The van der Waals surface area contributed by atoms with Crippen molar-refractivity contribution in [2.45, 2.75) is 11.4 Å². The van der Waals surface area contributed by atoms with Crippen molar-refractivity contribution in [3.63, 3.8) is 0 Å². The minimum absolute atomic E-state index is 0.107. The number of ether oxygens (including phenoxy) is 1. The van der Waals surface area contributed by atoms with Gasteiger partial charge in [-0.2, -0.15) is 5.26 Å². The topological polar surface area (TPSA) is 75.0 Å². The molecule has 0 spiro atoms. The predicted molar refractivity (Wildman–Crippen MR) is 108 cm³/mol. The Bertz CT molecular complexity index is 984. The summed E-state index contributed by atoms with van der Waals surface area (Å²) >= 11 is 1.38. The predicted octanol–water partition coefficient (Wildman–Crippen LogP) is 4.03. The van der Waals surface area contributed by atoms with Gasteiger partial charge in [0.15, 0.2) is 0 Å². The molecule has 1 N–H and O–H groups in total. The average molecular weight is 377 g/mol. The van der Waals surface area contributed by atoms with Gasteiger partial charge in [0, 0.05) is 18.0 Å². The van der Waals surface area contributed by atoms with E-state index in [2.05, 4.69) is 22.4 Å². The van der Waals surface area contributed by atoms with Crippen LogP contribution in [0.25, 0.3) is 22.0 Å². The van der Waals surface area contributed by atoms with Crippen molar-refractivity contribution in [2.75, 3.05) is 19.4 Å². The van der Waals surface area contributed by atoms with Gasteiger partial charge >= 0.3 is 0 Å². The second-order valence-corrected chi connectivity index (χ2v) is 6.80. The number of carbonyl (C=O) groups excluding carboxylic acids is 1. The fourth-order valence-corrected chi connectivity index (χ4v) is 3.43. The minimum atomic E-state index is -0.107. The van der Waals surface area contributed by atoms with Gasteiger partial charge in [0.25, 0.3) is 0 Å². The van der Waals surface area contributed by atoms with Crippen molar-refractivity contribution in [1.29, 1.82) is 5.26 Å². The van der Waals surface area contributed by atoms with Crippen LogP contribution in [-0.2, 0) is 4.79 Å². The van der Waals surface area contributed by atoms with E-state index in [1.165, 1.54) is 11.8 Å². The summed E-state index contributed by atoms with van der Waals surface area (Å²) in [6.07, 6.45) is 0.308. The van der Waals surface area contributed by atoms with E-state index in [0.717, 1.165) is 32.8 Å². The number of nitrogens with zero attached hydrogens (tertiary/aromatic N) is 2. The van der Waals surface area contributed by atoms with Gasteiger partial charge in [0.1, 0.15) is 5.75 Å². The van der Waals surface area contributed by atoms with Crippen LogP contribution in [-0.4, -0.2) is 30.3 Å². The Labute approximate surface area is 162 Å². The Hall–Kier alpha value is -3.04. The number of methoxy groups -OCH3 is 1. The first-order valence-corrected chi connectivity index (χ1v) is 9.50. The zero-order chi connectivity index (χ0) is 19.1. The quantitative estimate of drug-likeness (QED) is 0.497. The molecule has 1 amide bonds. The number of amides is 1. The number of nitrogens with one attached hydrogen (secondary N) is 1. The molecule has 0 unspecified atom stereocenters. The first-order valence-electron chi connectivity index (χ1n) is 8.52. The lowest BCUT2D eigenvalue weighted by Crippen LogP contribution is -2.25. The Balaban J connectivity index is 1.91. The van der Waals surface area contributed by atoms with Crippen LogP contribution in [0.5, 0.6) is 5.75 Å². The van der Waals surface area contributed by atoms with Gasteiger partial charge in [-0.05, 0) is 29.3 Å². The van der Waals surface area contributed by atoms with Crippen LogP contribution in [0.1, 0.15) is 6.42 Å². The standard InChI is InChI=1S/C21H19N3O2S/c1-26-16-8-9-17-18(15-6-3-2-4-7-15)13-21(24-19(17)12-16)27-14-20(25)23-11-5-10-22/h2-4,6-9,12-13H,5,11,14H2,1H3,(H,23,25). The van der Waals surface area contributed by atoms with Gasteiger partial charge in [0.05, 0.1) is 35.9 Å². The fourth-order valence-electron chi connectivity index (χ4n) is 2.69. The molecule has 3 rings (SSSR count). The number of rotatable bonds is 7. The third-order valence-electron chi connectivity index (χ3n) is 3.99. The zero-order valence-corrected chi connectivity index (χ0v) is 15.8. The number of hydrogen-bond donors (Lipinski definition) is 1. The Morgan fingerprint density at radius 2 is 2.04 bits per heavy atom. The van der Waals surface area contributed by atoms with E-state index in [9.17, 15) is 4.79 Å². The van der Waals surface area contributed by atoms with Gasteiger partial charge in [-0.1, -0.05) is 42.1 Å². The molecule has 0 fully saturated rings. The Morgan fingerprint density at radius 3 is 2.78 bits per heavy atom. The third kappa shape index (κ3) is 4.78. The van der Waals surface area contributed by atoms with Crippen LogP contribution < -0.4 is 10.1 Å². The minimum Gasteiger partial charge on any atom is -0.497 e. The summed E-state index contributed by atoms with van der Waals surface area (Å²) in [7, 11) is 1.63. The number of pyridine rings is 1. The van der Waals surface area contributed by atoms with Gasteiger partial charge in [-0.25, -0.2) is 4.98 Å². The molecular formula is C21H19N3O2S. The molecule has 6 heteroatoms. The number of carbonyl (C=O) groups is 1. The van der Waals surface area contributed by atoms with Crippen LogP contribution in [0.4, 0.5) is 0 Å². The number of aromatic nitrogens is 1. The molecule has 1 heterocycles. The summed E-state index contributed by atoms with van der Waals surface area (Å²) in [5.74, 6) is 0.886. The molecule has 0 aliphatic carbocycles. The highest BCUT2D eigenvalue weighted by Gasteiger charge is 2.11. The molecule has 0 radical (unpaired) electrons. The lowest BCUT2D eigenvalue weighted by molar-refractivity contribution is -0.118. The molecule has 1 aromatic heterocycles. The highest BCUT2D eigenvalue weighted by atomic mass is 32.2. The van der Waals surface area contributed by atoms with Gasteiger partial charge in [0.2, 0.25) is 5.91 Å². The smallest absolute Gasteiger partial charge is 0.230 e. The van der Waals surface area contributed by atoms with Crippen molar-refractivity contribution < 1.29 is 9.53 Å². The van der Waals surface area contributed by atoms with Crippen molar-refractivity contribution in [2.24, 2.45) is 0 Å². The molecule has 5 nitrogen and oxygen atoms in total. The summed E-state index contributed by atoms with van der Waals surface area (Å²) in [4.78, 5) is 16.6. The molecule has 0 aliphatic heterocycles. The average Bonchev–Trinajstić information content (AvgIpc) is 2.72. The summed E-state index contributed by atoms with van der Waals surface area (Å²) in [6, 6.07) is 19.9. The maximum atomic E-state index is 11.9. The number of thioether (sulfide) groups is 1. The number of hydrogen-bond acceptors (Lipinski definition) is 5. The number of benzene rings is 2. The summed E-state index contributed by atoms with van der Waals surface area (Å²) in [5.41, 5.74) is 2.98. The van der Waals surface area contributed by atoms with E-state index in [1.54, 1.807) is 7.11 Å². The van der Waals surface area contributed by atoms with Crippen molar-refractivity contribution in [1.82, 2.24) is 10.3 Å². The van der Waals surface area contributed by atoms with Crippen LogP contribution in [0.2, 0.25) is 0 Å². The van der Waals surface area contributed by atoms with E-state index < -0.39 is 0 Å². The monoisotopic (exact) mass is 377 g/mol. The van der Waals surface area contributed by atoms with Crippen molar-refractivity contribution in [3.8, 4) is 22.9 Å². The summed E-state index contributed by atoms with van der Waals surface area (Å²) in [5, 5.41) is 13.1. The molecule has 2 aromatic carbocycles. The maximum absolute atomic E-state index is 11.9. The molecular weight excluding hydrogens is 358 g/mol. The molecule has 0 atom stereocenters. The van der Waals surface area contributed by atoms with Crippen LogP contribution >= 0.6 is 11.8 Å². The second-order valence-electron chi connectivity index (χ2n) is 5.80. The van der Waals surface area contributed by atoms with E-state index in [0.29, 0.717) is 13.0 Å². The van der Waals surface area contributed by atoms with E-state index >= 15 is 0 Å². The highest BCUT2D eigenvalue weighted by Crippen LogP contribution is 2.33.